The molecule has 0 heterocycles. The maximum absolute atomic E-state index is 2.39. The van der Waals surface area contributed by atoms with E-state index in [-0.39, 0.29) is 0 Å². The lowest BCUT2D eigenvalue weighted by atomic mass is 10.0. The lowest BCUT2D eigenvalue weighted by Crippen LogP contribution is -1.83. The van der Waals surface area contributed by atoms with Gasteiger partial charge in [-0.25, -0.2) is 0 Å². The van der Waals surface area contributed by atoms with Gasteiger partial charge in [0, 0.05) is 5.75 Å². The Balaban J connectivity index is 2.91. The molecular weight excluding hydrogens is 284 g/mol. The molecule has 0 bridgehead atoms. The minimum absolute atomic E-state index is 1.23. The molecule has 0 aromatic heterocycles. The molecule has 0 aliphatic carbocycles. The number of hydrogen-bond acceptors (Lipinski definition) is 1. The molecule has 0 aliphatic rings. The normalized spacial score (nSPS) is 11.2. The van der Waals surface area contributed by atoms with Gasteiger partial charge in [0.2, 0.25) is 0 Å². The summed E-state index contributed by atoms with van der Waals surface area (Å²) in [5.41, 5.74) is 0. The molecule has 1 radical (unpaired) electrons. The largest absolute Gasteiger partial charge is 0.158 e. The van der Waals surface area contributed by atoms with E-state index < -0.39 is 0 Å². The minimum atomic E-state index is 1.23. The molecule has 0 nitrogen and oxygen atoms in total. The second-order valence-electron chi connectivity index (χ2n) is 6.71. The van der Waals surface area contributed by atoms with Crippen LogP contribution >= 0.6 is 11.8 Å². The molecule has 0 rings (SSSR count). The molecule has 0 N–H and O–H groups in total. The highest BCUT2D eigenvalue weighted by Crippen LogP contribution is 2.15. The second kappa shape index (κ2) is 21.4. The number of rotatable bonds is 19. The lowest BCUT2D eigenvalue weighted by Gasteiger charge is -2.03. The van der Waals surface area contributed by atoms with E-state index in [4.69, 9.17) is 0 Å². The standard InChI is InChI=1S/C21H43S/c1-3-5-6-7-8-9-10-11-12-13-14-15-16-17-18-19-20-21-22-4-2/h21H,3-20H2,1-2H3. The van der Waals surface area contributed by atoms with Gasteiger partial charge in [-0.2, -0.15) is 11.8 Å². The highest BCUT2D eigenvalue weighted by molar-refractivity contribution is 8.01. The van der Waals surface area contributed by atoms with Gasteiger partial charge in [0.1, 0.15) is 0 Å². The molecule has 22 heavy (non-hydrogen) atoms. The summed E-state index contributed by atoms with van der Waals surface area (Å²) in [7, 11) is 0. The molecule has 0 saturated heterocycles. The molecule has 0 unspecified atom stereocenters. The molecule has 0 fully saturated rings. The zero-order chi connectivity index (χ0) is 16.1. The van der Waals surface area contributed by atoms with Crippen LogP contribution in [0, 0.1) is 5.75 Å². The van der Waals surface area contributed by atoms with Crippen LogP contribution in [-0.2, 0) is 0 Å². The monoisotopic (exact) mass is 327 g/mol. The second-order valence-corrected chi connectivity index (χ2v) is 7.96. The van der Waals surface area contributed by atoms with Crippen molar-refractivity contribution in [1.82, 2.24) is 0 Å². The van der Waals surface area contributed by atoms with Crippen LogP contribution in [-0.4, -0.2) is 5.75 Å². The molecular formula is C21H43S. The van der Waals surface area contributed by atoms with Crippen molar-refractivity contribution >= 4 is 11.8 Å². The molecule has 0 aliphatic heterocycles. The molecule has 133 valence electrons. The van der Waals surface area contributed by atoms with Crippen LogP contribution in [0.4, 0.5) is 0 Å². The average Bonchev–Trinajstić information content (AvgIpc) is 2.54. The van der Waals surface area contributed by atoms with Gasteiger partial charge in [0.15, 0.2) is 0 Å². The first-order valence-electron chi connectivity index (χ1n) is 10.3. The van der Waals surface area contributed by atoms with Gasteiger partial charge in [0.05, 0.1) is 0 Å². The summed E-state index contributed by atoms with van der Waals surface area (Å²) in [6.45, 7) is 4.53. The summed E-state index contributed by atoms with van der Waals surface area (Å²) in [5.74, 6) is 3.63. The molecule has 0 aromatic carbocycles. The van der Waals surface area contributed by atoms with Gasteiger partial charge in [0.25, 0.3) is 0 Å². The van der Waals surface area contributed by atoms with Crippen LogP contribution in [0.5, 0.6) is 0 Å². The van der Waals surface area contributed by atoms with Crippen molar-refractivity contribution in [2.75, 3.05) is 5.75 Å². The predicted octanol–water partition coefficient (Wildman–Crippen LogP) is 8.55. The van der Waals surface area contributed by atoms with Crippen molar-refractivity contribution in [2.45, 2.75) is 123 Å². The van der Waals surface area contributed by atoms with Crippen LogP contribution in [0.1, 0.15) is 123 Å². The van der Waals surface area contributed by atoms with Crippen LogP contribution in [0.2, 0.25) is 0 Å². The topological polar surface area (TPSA) is 0 Å². The average molecular weight is 328 g/mol. The summed E-state index contributed by atoms with van der Waals surface area (Å²) in [5, 5.41) is 0. The maximum Gasteiger partial charge on any atom is 0.0166 e. The zero-order valence-corrected chi connectivity index (χ0v) is 16.5. The van der Waals surface area contributed by atoms with Crippen LogP contribution in [0.25, 0.3) is 0 Å². The van der Waals surface area contributed by atoms with E-state index in [0.29, 0.717) is 0 Å². The summed E-state index contributed by atoms with van der Waals surface area (Å²) < 4.78 is 0. The number of thioether (sulfide) groups is 1. The van der Waals surface area contributed by atoms with E-state index in [1.54, 1.807) is 0 Å². The summed E-state index contributed by atoms with van der Waals surface area (Å²) in [4.78, 5) is 0. The van der Waals surface area contributed by atoms with Crippen molar-refractivity contribution in [3.05, 3.63) is 5.75 Å². The van der Waals surface area contributed by atoms with Crippen LogP contribution in [0.3, 0.4) is 0 Å². The first-order chi connectivity index (χ1) is 10.9. The highest BCUT2D eigenvalue weighted by atomic mass is 32.2. The van der Waals surface area contributed by atoms with Gasteiger partial charge in [-0.1, -0.05) is 117 Å². The van der Waals surface area contributed by atoms with E-state index >= 15 is 0 Å². The Morgan fingerprint density at radius 2 is 0.864 bits per heavy atom. The third kappa shape index (κ3) is 20.3. The maximum atomic E-state index is 2.39. The van der Waals surface area contributed by atoms with Gasteiger partial charge >= 0.3 is 0 Å². The Morgan fingerprint density at radius 3 is 1.23 bits per heavy atom. The van der Waals surface area contributed by atoms with Gasteiger partial charge in [-0.05, 0) is 12.2 Å². The van der Waals surface area contributed by atoms with E-state index in [2.05, 4.69) is 19.6 Å². The third-order valence-corrected chi connectivity index (χ3v) is 5.26. The van der Waals surface area contributed by atoms with Crippen molar-refractivity contribution in [1.29, 1.82) is 0 Å². The number of hydrogen-bond donors (Lipinski definition) is 0. The summed E-state index contributed by atoms with van der Waals surface area (Å²) >= 11 is 1.97. The van der Waals surface area contributed by atoms with E-state index in [1.807, 2.05) is 11.8 Å². The quantitative estimate of drug-likeness (QED) is 0.214. The predicted molar refractivity (Wildman–Crippen MR) is 107 cm³/mol. The molecule has 0 atom stereocenters. The van der Waals surface area contributed by atoms with Crippen LogP contribution in [0.15, 0.2) is 0 Å². The van der Waals surface area contributed by atoms with Crippen molar-refractivity contribution < 1.29 is 0 Å². The fourth-order valence-corrected chi connectivity index (χ4v) is 3.55. The van der Waals surface area contributed by atoms with E-state index in [9.17, 15) is 0 Å². The highest BCUT2D eigenvalue weighted by Gasteiger charge is 1.95. The molecule has 0 spiro atoms. The Hall–Kier alpha value is 0.350. The lowest BCUT2D eigenvalue weighted by molar-refractivity contribution is 0.530. The molecule has 1 heteroatoms. The summed E-state index contributed by atoms with van der Waals surface area (Å²) in [6, 6.07) is 0. The van der Waals surface area contributed by atoms with E-state index in [1.165, 1.54) is 115 Å². The van der Waals surface area contributed by atoms with Gasteiger partial charge < -0.3 is 0 Å². The SMILES string of the molecule is CCCCCCCCCCCCCCCCCC[CH]SCC. The Bertz CT molecular complexity index is 159. The first-order valence-corrected chi connectivity index (χ1v) is 11.4. The summed E-state index contributed by atoms with van der Waals surface area (Å²) in [6.07, 6.45) is 24.7. The fourth-order valence-electron chi connectivity index (χ4n) is 2.98. The zero-order valence-electron chi connectivity index (χ0n) is 15.7. The number of unbranched alkanes of at least 4 members (excludes halogenated alkanes) is 16. The third-order valence-electron chi connectivity index (χ3n) is 4.46. The van der Waals surface area contributed by atoms with Crippen molar-refractivity contribution in [2.24, 2.45) is 0 Å². The van der Waals surface area contributed by atoms with Crippen LogP contribution < -0.4 is 0 Å². The Kier molecular flexibility index (Phi) is 21.7. The Labute approximate surface area is 146 Å². The Morgan fingerprint density at radius 1 is 0.500 bits per heavy atom. The smallest absolute Gasteiger partial charge is 0.0166 e. The fraction of sp³-hybridized carbons (Fsp3) is 0.952. The first kappa shape index (κ1) is 22.4. The van der Waals surface area contributed by atoms with Crippen molar-refractivity contribution in [3.63, 3.8) is 0 Å². The van der Waals surface area contributed by atoms with Gasteiger partial charge in [-0.15, -0.1) is 0 Å². The van der Waals surface area contributed by atoms with Crippen molar-refractivity contribution in [3.8, 4) is 0 Å². The molecule has 0 amide bonds. The van der Waals surface area contributed by atoms with E-state index in [0.717, 1.165) is 0 Å². The minimum Gasteiger partial charge on any atom is -0.158 e. The molecule has 0 aromatic rings. The molecule has 0 saturated carbocycles. The van der Waals surface area contributed by atoms with Gasteiger partial charge in [-0.3, -0.25) is 0 Å².